The smallest absolute Gasteiger partial charge is 0.550 e. The molecule has 0 bridgehead atoms. The molecule has 0 spiro atoms. The zero-order valence-electron chi connectivity index (χ0n) is 49.4. The summed E-state index contributed by atoms with van der Waals surface area (Å²) in [5.74, 6) is -3.36. The maximum atomic E-state index is 15.2. The van der Waals surface area contributed by atoms with Crippen molar-refractivity contribution in [2.24, 2.45) is 10.8 Å². The fourth-order valence-electron chi connectivity index (χ4n) is 9.50. The minimum absolute atomic E-state index is 0. The van der Waals surface area contributed by atoms with Gasteiger partial charge in [-0.05, 0) is 162 Å². The molecule has 0 unspecified atom stereocenters. The van der Waals surface area contributed by atoms with Crippen LogP contribution in [-0.4, -0.2) is 96.0 Å². The van der Waals surface area contributed by atoms with Crippen LogP contribution in [0.15, 0.2) is 134 Å². The number of hydrogen-bond acceptors (Lipinski definition) is 16. The van der Waals surface area contributed by atoms with Gasteiger partial charge < -0.3 is 69.5 Å². The second-order valence-corrected chi connectivity index (χ2v) is 22.1. The summed E-state index contributed by atoms with van der Waals surface area (Å²) in [6.07, 6.45) is 8.19. The molecule has 91 heavy (non-hydrogen) atoms. The standard InChI is InChI=1S/2C33H31ClFN3O7.Mg/c2*1-43-28-18-23-25(19-29(28)44-15-4-2-3-8-30(39)40)36-14-11-26(23)45-27-10-9-22(17-24(27)35)38-32(42)33(12-13-33)31(41)37-21-7-5-6-20(34)16-21;/h2*5-7,9-11,14,16-19H,2-4,8,12-13,15H2,1H3,(H,37,41)(H,38,42)(H,39,40);/q;;+2/p-2. The van der Waals surface area contributed by atoms with E-state index in [0.29, 0.717) is 155 Å². The summed E-state index contributed by atoms with van der Waals surface area (Å²) < 4.78 is 64.9. The maximum absolute atomic E-state index is 15.2. The summed E-state index contributed by atoms with van der Waals surface area (Å²) in [4.78, 5) is 81.8. The van der Waals surface area contributed by atoms with Gasteiger partial charge in [-0.2, -0.15) is 0 Å². The van der Waals surface area contributed by atoms with Gasteiger partial charge in [0.1, 0.15) is 22.3 Å². The normalized spacial score (nSPS) is 13.0. The minimum Gasteiger partial charge on any atom is -0.550 e. The average molecular weight is 1290 g/mol. The van der Waals surface area contributed by atoms with Gasteiger partial charge in [0.15, 0.2) is 46.1 Å². The number of nitrogens with zero attached hydrogens (tertiary/aromatic N) is 2. The third-order valence-corrected chi connectivity index (χ3v) is 15.2. The Morgan fingerprint density at radius 2 is 0.835 bits per heavy atom. The number of rotatable bonds is 28. The van der Waals surface area contributed by atoms with E-state index in [-0.39, 0.29) is 58.8 Å². The summed E-state index contributed by atoms with van der Waals surface area (Å²) in [6.45, 7) is 0.708. The topological polar surface area (TPSA) is 278 Å². The number of carbonyl (C=O) groups excluding carboxylic acids is 6. The van der Waals surface area contributed by atoms with Crippen molar-refractivity contribution in [3.63, 3.8) is 0 Å². The molecular formula is C66H60Cl2F2MgN6O14. The van der Waals surface area contributed by atoms with Crippen LogP contribution in [0.2, 0.25) is 10.0 Å². The van der Waals surface area contributed by atoms with Crippen molar-refractivity contribution in [3.8, 4) is 46.0 Å². The van der Waals surface area contributed by atoms with Crippen LogP contribution in [0.1, 0.15) is 77.0 Å². The number of methoxy groups -OCH3 is 2. The van der Waals surface area contributed by atoms with Crippen molar-refractivity contribution < 1.29 is 76.2 Å². The fraction of sp³-hybridized carbons (Fsp3) is 0.273. The Hall–Kier alpha value is -9.03. The van der Waals surface area contributed by atoms with E-state index >= 15 is 8.78 Å². The summed E-state index contributed by atoms with van der Waals surface area (Å²) in [7, 11) is 2.98. The second-order valence-electron chi connectivity index (χ2n) is 21.2. The zero-order chi connectivity index (χ0) is 64.0. The van der Waals surface area contributed by atoms with E-state index in [9.17, 15) is 39.0 Å². The molecule has 2 fully saturated rings. The molecule has 2 saturated carbocycles. The molecule has 4 amide bonds. The number of carbonyl (C=O) groups is 6. The van der Waals surface area contributed by atoms with E-state index in [2.05, 4.69) is 31.2 Å². The molecule has 2 aromatic heterocycles. The molecule has 0 radical (unpaired) electrons. The Morgan fingerprint density at radius 1 is 0.462 bits per heavy atom. The quantitative estimate of drug-likeness (QED) is 0.0201. The Kier molecular flexibility index (Phi) is 23.2. The molecular weight excluding hydrogens is 1230 g/mol. The fourth-order valence-corrected chi connectivity index (χ4v) is 9.88. The van der Waals surface area contributed by atoms with E-state index in [1.165, 1.54) is 50.9 Å². The largest absolute Gasteiger partial charge is 2.00 e. The molecule has 4 N–H and O–H groups in total. The zero-order valence-corrected chi connectivity index (χ0v) is 52.4. The van der Waals surface area contributed by atoms with Gasteiger partial charge in [-0.25, -0.2) is 8.78 Å². The number of anilines is 4. The molecule has 0 atom stereocenters. The summed E-state index contributed by atoms with van der Waals surface area (Å²) >= 11 is 12.0. The Balaban J connectivity index is 0.000000232. The van der Waals surface area contributed by atoms with Crippen molar-refractivity contribution >= 4 is 126 Å². The number of benzene rings is 6. The van der Waals surface area contributed by atoms with Crippen LogP contribution in [0.25, 0.3) is 21.8 Å². The van der Waals surface area contributed by atoms with Crippen LogP contribution in [0.4, 0.5) is 31.5 Å². The number of aliphatic carboxylic acids is 2. The number of carboxylic acids is 2. The van der Waals surface area contributed by atoms with Gasteiger partial charge in [0, 0.05) is 92.2 Å². The first kappa shape index (κ1) is 67.9. The summed E-state index contributed by atoms with van der Waals surface area (Å²) in [6, 6.07) is 31.2. The van der Waals surface area contributed by atoms with Crippen molar-refractivity contribution in [3.05, 3.63) is 155 Å². The van der Waals surface area contributed by atoms with E-state index in [0.717, 1.165) is 12.1 Å². The molecule has 2 aliphatic rings. The third kappa shape index (κ3) is 17.7. The van der Waals surface area contributed by atoms with Gasteiger partial charge in [-0.15, -0.1) is 0 Å². The molecule has 468 valence electrons. The molecule has 10 rings (SSSR count). The van der Waals surface area contributed by atoms with Crippen molar-refractivity contribution in [2.75, 3.05) is 48.7 Å². The van der Waals surface area contributed by atoms with E-state index in [1.807, 2.05) is 0 Å². The van der Waals surface area contributed by atoms with Gasteiger partial charge in [0.2, 0.25) is 23.6 Å². The molecule has 0 aliphatic heterocycles. The minimum atomic E-state index is -1.25. The van der Waals surface area contributed by atoms with E-state index in [4.69, 9.17) is 51.6 Å². The molecule has 8 aromatic rings. The summed E-state index contributed by atoms with van der Waals surface area (Å²) in [5.41, 5.74) is -0.137. The third-order valence-electron chi connectivity index (χ3n) is 14.8. The Labute approximate surface area is 547 Å². The molecule has 2 aliphatic carbocycles. The van der Waals surface area contributed by atoms with Crippen LogP contribution in [0.5, 0.6) is 46.0 Å². The number of pyridine rings is 2. The Bertz CT molecular complexity index is 3750. The predicted octanol–water partition coefficient (Wildman–Crippen LogP) is 11.4. The van der Waals surface area contributed by atoms with E-state index in [1.54, 1.807) is 84.9 Å². The Morgan fingerprint density at radius 3 is 1.16 bits per heavy atom. The maximum Gasteiger partial charge on any atom is 2.00 e. The van der Waals surface area contributed by atoms with Crippen LogP contribution >= 0.6 is 23.2 Å². The van der Waals surface area contributed by atoms with Crippen molar-refractivity contribution in [2.45, 2.75) is 77.0 Å². The van der Waals surface area contributed by atoms with Crippen LogP contribution < -0.4 is 59.9 Å². The first-order valence-corrected chi connectivity index (χ1v) is 29.4. The molecule has 2 heterocycles. The van der Waals surface area contributed by atoms with Gasteiger partial charge in [-0.1, -0.05) is 35.3 Å². The number of unbranched alkanes of at least 4 members (excludes halogenated alkanes) is 4. The molecule has 20 nitrogen and oxygen atoms in total. The van der Waals surface area contributed by atoms with Crippen molar-refractivity contribution in [1.82, 2.24) is 9.97 Å². The summed E-state index contributed by atoms with van der Waals surface area (Å²) in [5, 5.41) is 33.9. The average Bonchev–Trinajstić information content (AvgIpc) is 1.68. The number of aromatic nitrogens is 2. The molecule has 0 saturated heterocycles. The van der Waals surface area contributed by atoms with Gasteiger partial charge in [0.05, 0.1) is 38.5 Å². The monoisotopic (exact) mass is 1290 g/mol. The number of hydrogen-bond donors (Lipinski definition) is 4. The SMILES string of the molecule is COc1cc2c(Oc3ccc(NC(=O)C4(C(=O)Nc5cccc(Cl)c5)CC4)cc3F)ccnc2cc1OCCCCCC(=O)[O-].COc1cc2c(Oc3ccc(NC(=O)C4(C(=O)Nc5cccc(Cl)c5)CC4)cc3F)ccnc2cc1OCCCCCC(=O)[O-].[Mg+2]. The number of amides is 4. The van der Waals surface area contributed by atoms with Gasteiger partial charge in [-0.3, -0.25) is 29.1 Å². The number of ether oxygens (including phenoxy) is 6. The van der Waals surface area contributed by atoms with Crippen LogP contribution in [0.3, 0.4) is 0 Å². The van der Waals surface area contributed by atoms with Crippen LogP contribution in [0, 0.1) is 22.5 Å². The van der Waals surface area contributed by atoms with Crippen molar-refractivity contribution in [1.29, 1.82) is 0 Å². The molecule has 25 heteroatoms. The number of nitrogens with one attached hydrogen (secondary N) is 4. The van der Waals surface area contributed by atoms with E-state index < -0.39 is 58.0 Å². The first-order chi connectivity index (χ1) is 43.4. The van der Waals surface area contributed by atoms with Crippen LogP contribution in [-0.2, 0) is 28.8 Å². The first-order valence-electron chi connectivity index (χ1n) is 28.7. The predicted molar refractivity (Wildman–Crippen MR) is 334 cm³/mol. The number of halogens is 4. The molecule has 6 aromatic carbocycles. The number of carboxylic acid groups (broad SMARTS) is 2. The number of fused-ring (bicyclic) bond motifs is 2. The van der Waals surface area contributed by atoms with Gasteiger partial charge >= 0.3 is 23.1 Å². The van der Waals surface area contributed by atoms with Gasteiger partial charge in [0.25, 0.3) is 0 Å². The second kappa shape index (κ2) is 31.1.